The molecule has 0 aromatic heterocycles. The zero-order valence-corrected chi connectivity index (χ0v) is 34.0. The number of carbonyl (C=O) groups excluding carboxylic acids is 4. The minimum atomic E-state index is -4.17. The number of nitrogens with one attached hydrogen (secondary N) is 2. The van der Waals surface area contributed by atoms with Crippen LogP contribution in [0.5, 0.6) is 0 Å². The summed E-state index contributed by atoms with van der Waals surface area (Å²) < 4.78 is 39.8. The second-order valence-corrected chi connectivity index (χ2v) is 16.7. The highest BCUT2D eigenvalue weighted by atomic mass is 32.2. The summed E-state index contributed by atoms with van der Waals surface area (Å²) in [4.78, 5) is 60.0. The first-order chi connectivity index (χ1) is 24.2. The number of anilines is 1. The molecule has 1 fully saturated rings. The van der Waals surface area contributed by atoms with Crippen molar-refractivity contribution in [1.82, 2.24) is 24.7 Å². The lowest BCUT2D eigenvalue weighted by molar-refractivity contribution is -0.148. The van der Waals surface area contributed by atoms with Crippen LogP contribution in [0.2, 0.25) is 0 Å². The molecule has 14 nitrogen and oxygen atoms in total. The number of rotatable bonds is 19. The van der Waals surface area contributed by atoms with E-state index in [0.29, 0.717) is 31.5 Å². The van der Waals surface area contributed by atoms with Gasteiger partial charge in [0, 0.05) is 33.5 Å². The molecular weight excluding hydrogens is 689 g/mol. The monoisotopic (exact) mass is 752 g/mol. The van der Waals surface area contributed by atoms with Crippen LogP contribution in [0, 0.1) is 23.7 Å². The van der Waals surface area contributed by atoms with Crippen molar-refractivity contribution < 1.29 is 37.1 Å². The molecule has 0 bridgehead atoms. The number of carbonyl (C=O) groups is 4. The number of benzene rings is 1. The van der Waals surface area contributed by atoms with Crippen LogP contribution in [0.15, 0.2) is 29.2 Å². The van der Waals surface area contributed by atoms with Crippen molar-refractivity contribution in [2.24, 2.45) is 23.7 Å². The van der Waals surface area contributed by atoms with Crippen LogP contribution in [-0.4, -0.2) is 125 Å². The maximum Gasteiger partial charge on any atom is 0.264 e. The van der Waals surface area contributed by atoms with Crippen LogP contribution in [0.25, 0.3) is 0 Å². The topological polar surface area (TPSA) is 181 Å². The number of hydrogen-bond donors (Lipinski definition) is 3. The summed E-state index contributed by atoms with van der Waals surface area (Å²) in [6, 6.07) is 3.30. The number of sulfonamides is 1. The van der Waals surface area contributed by atoms with Gasteiger partial charge < -0.3 is 30.3 Å². The summed E-state index contributed by atoms with van der Waals surface area (Å²) in [5, 5.41) is 3.01. The Bertz CT molecular complexity index is 1450. The van der Waals surface area contributed by atoms with Gasteiger partial charge in [0.1, 0.15) is 6.04 Å². The van der Waals surface area contributed by atoms with Crippen molar-refractivity contribution in [1.29, 1.82) is 0 Å². The fourth-order valence-electron chi connectivity index (χ4n) is 7.34. The highest BCUT2D eigenvalue weighted by Gasteiger charge is 2.43. The molecule has 1 saturated heterocycles. The molecule has 0 aliphatic carbocycles. The van der Waals surface area contributed by atoms with Gasteiger partial charge in [-0.15, -0.1) is 0 Å². The van der Waals surface area contributed by atoms with Crippen LogP contribution in [-0.2, 0) is 38.7 Å². The lowest BCUT2D eigenvalue weighted by Gasteiger charge is -2.41. The molecule has 52 heavy (non-hydrogen) atoms. The first-order valence-electron chi connectivity index (χ1n) is 18.2. The molecule has 0 radical (unpaired) electrons. The zero-order valence-electron chi connectivity index (χ0n) is 33.2. The Labute approximate surface area is 311 Å². The Hall–Kier alpha value is -3.27. The third-order valence-corrected chi connectivity index (χ3v) is 11.7. The van der Waals surface area contributed by atoms with E-state index in [-0.39, 0.29) is 46.8 Å². The Balaban J connectivity index is 2.29. The van der Waals surface area contributed by atoms with Crippen LogP contribution in [0.3, 0.4) is 0 Å². The Morgan fingerprint density at radius 3 is 2.02 bits per heavy atom. The van der Waals surface area contributed by atoms with E-state index in [9.17, 15) is 27.6 Å². The normalized spacial score (nSPS) is 19.1. The van der Waals surface area contributed by atoms with E-state index in [1.165, 1.54) is 38.5 Å². The van der Waals surface area contributed by atoms with Gasteiger partial charge in [0.15, 0.2) is 0 Å². The highest BCUT2D eigenvalue weighted by molar-refractivity contribution is 7.90. The standard InChI is InChI=1S/C37H64N6O8S/c1-13-24(6)33(42(10)37(47)31(22(2)3)39-36(46)32(23(4)5)41(8)9)29(50-11)21-30(44)43-20-14-15-28(43)34(51-12)25(7)35(45)40-52(48,49)27-18-16-26(38)17-19-27/h16-19,22-25,28-29,31-34H,13-15,20-21,38H2,1-12H3,(H,39,46)(H,40,45)/t24-,25+,28-,29+,31-,32-,33-,34+/m0/s1. The molecule has 2 rings (SSSR count). The van der Waals surface area contributed by atoms with Crippen LogP contribution < -0.4 is 15.8 Å². The number of nitrogen functional groups attached to an aromatic ring is 1. The number of ether oxygens (including phenoxy) is 2. The van der Waals surface area contributed by atoms with Gasteiger partial charge in [0.2, 0.25) is 23.6 Å². The van der Waals surface area contributed by atoms with E-state index in [0.717, 1.165) is 0 Å². The number of likely N-dealkylation sites (N-methyl/N-ethyl adjacent to an activating group) is 2. The lowest BCUT2D eigenvalue weighted by Crippen LogP contribution is -2.59. The van der Waals surface area contributed by atoms with Gasteiger partial charge in [-0.2, -0.15) is 0 Å². The summed E-state index contributed by atoms with van der Waals surface area (Å²) in [7, 11) is 4.16. The van der Waals surface area contributed by atoms with Gasteiger partial charge in [-0.25, -0.2) is 13.1 Å². The van der Waals surface area contributed by atoms with E-state index in [1.54, 1.807) is 23.8 Å². The minimum Gasteiger partial charge on any atom is -0.399 e. The molecule has 4 amide bonds. The van der Waals surface area contributed by atoms with E-state index in [1.807, 2.05) is 60.5 Å². The summed E-state index contributed by atoms with van der Waals surface area (Å²) >= 11 is 0. The van der Waals surface area contributed by atoms with Gasteiger partial charge in [-0.05, 0) is 69.0 Å². The molecule has 0 saturated carbocycles. The van der Waals surface area contributed by atoms with Gasteiger partial charge >= 0.3 is 0 Å². The largest absolute Gasteiger partial charge is 0.399 e. The molecule has 0 spiro atoms. The summed E-state index contributed by atoms with van der Waals surface area (Å²) in [5.74, 6) is -2.64. The molecule has 1 aliphatic rings. The van der Waals surface area contributed by atoms with Gasteiger partial charge in [-0.3, -0.25) is 24.1 Å². The van der Waals surface area contributed by atoms with Gasteiger partial charge in [0.25, 0.3) is 10.0 Å². The maximum atomic E-state index is 14.2. The smallest absolute Gasteiger partial charge is 0.264 e. The highest BCUT2D eigenvalue weighted by Crippen LogP contribution is 2.30. The van der Waals surface area contributed by atoms with E-state index in [4.69, 9.17) is 15.2 Å². The van der Waals surface area contributed by atoms with Crippen molar-refractivity contribution in [3.05, 3.63) is 24.3 Å². The zero-order chi connectivity index (χ0) is 39.7. The third-order valence-electron chi connectivity index (χ3n) is 10.4. The molecule has 4 N–H and O–H groups in total. The first kappa shape index (κ1) is 44.9. The summed E-state index contributed by atoms with van der Waals surface area (Å²) in [5.41, 5.74) is 6.07. The predicted octanol–water partition coefficient (Wildman–Crippen LogP) is 2.72. The third kappa shape index (κ3) is 11.1. The number of nitrogens with zero attached hydrogens (tertiary/aromatic N) is 3. The van der Waals surface area contributed by atoms with Crippen molar-refractivity contribution in [2.75, 3.05) is 47.6 Å². The van der Waals surface area contributed by atoms with Gasteiger partial charge in [0.05, 0.1) is 47.6 Å². The molecule has 296 valence electrons. The fourth-order valence-corrected chi connectivity index (χ4v) is 8.41. The summed E-state index contributed by atoms with van der Waals surface area (Å²) in [6.07, 6.45) is 0.400. The van der Waals surface area contributed by atoms with Crippen LogP contribution in [0.4, 0.5) is 5.69 Å². The van der Waals surface area contributed by atoms with Crippen molar-refractivity contribution in [2.45, 2.75) is 115 Å². The Morgan fingerprint density at radius 1 is 0.942 bits per heavy atom. The van der Waals surface area contributed by atoms with Crippen molar-refractivity contribution in [3.8, 4) is 0 Å². The molecular formula is C37H64N6O8S. The van der Waals surface area contributed by atoms with Crippen molar-refractivity contribution in [3.63, 3.8) is 0 Å². The maximum absolute atomic E-state index is 14.2. The quantitative estimate of drug-likeness (QED) is 0.178. The molecule has 1 heterocycles. The molecule has 1 aliphatic heterocycles. The number of methoxy groups -OCH3 is 2. The molecule has 15 heteroatoms. The number of nitrogens with two attached hydrogens (primary N) is 1. The number of likely N-dealkylation sites (tertiary alicyclic amines) is 1. The first-order valence-corrected chi connectivity index (χ1v) is 19.7. The molecule has 1 aromatic carbocycles. The van der Waals surface area contributed by atoms with E-state index >= 15 is 0 Å². The SMILES string of the molecule is CC[C@H](C)[C@@H]([C@@H](CC(=O)N1CCC[C@H]1[C@H](OC)[C@@H](C)C(=O)NS(=O)(=O)c1ccc(N)cc1)OC)N(C)C(=O)[C@@H](NC(=O)[C@H](C(C)C)N(C)C)C(C)C. The van der Waals surface area contributed by atoms with Crippen molar-refractivity contribution >= 4 is 39.3 Å². The summed E-state index contributed by atoms with van der Waals surface area (Å²) in [6.45, 7) is 13.7. The molecule has 0 unspecified atom stereocenters. The number of hydrogen-bond acceptors (Lipinski definition) is 10. The predicted molar refractivity (Wildman–Crippen MR) is 201 cm³/mol. The van der Waals surface area contributed by atoms with Gasteiger partial charge in [-0.1, -0.05) is 54.9 Å². The van der Waals surface area contributed by atoms with E-state index in [2.05, 4.69) is 10.0 Å². The molecule has 8 atom stereocenters. The molecule has 1 aromatic rings. The second kappa shape index (κ2) is 19.7. The lowest BCUT2D eigenvalue weighted by atomic mass is 9.89. The minimum absolute atomic E-state index is 0.0273. The van der Waals surface area contributed by atoms with Crippen LogP contribution >= 0.6 is 0 Å². The Morgan fingerprint density at radius 2 is 1.54 bits per heavy atom. The Kier molecular flexibility index (Phi) is 17.0. The second-order valence-electron chi connectivity index (χ2n) is 15.0. The average Bonchev–Trinajstić information content (AvgIpc) is 3.55. The van der Waals surface area contributed by atoms with Crippen LogP contribution in [0.1, 0.15) is 74.1 Å². The van der Waals surface area contributed by atoms with E-state index < -0.39 is 58.2 Å². The average molecular weight is 753 g/mol. The fraction of sp³-hybridized carbons (Fsp3) is 0.730. The number of amides is 4.